The quantitative estimate of drug-likeness (QED) is 0.857. The predicted molar refractivity (Wildman–Crippen MR) is 91.1 cm³/mol. The largest absolute Gasteiger partial charge is 0.494 e. The van der Waals surface area contributed by atoms with Gasteiger partial charge in [0.25, 0.3) is 5.56 Å². The lowest BCUT2D eigenvalue weighted by atomic mass is 9.96. The first-order valence-electron chi connectivity index (χ1n) is 7.80. The van der Waals surface area contributed by atoms with Gasteiger partial charge >= 0.3 is 0 Å². The second-order valence-electron chi connectivity index (χ2n) is 6.21. The second kappa shape index (κ2) is 7.14. The van der Waals surface area contributed by atoms with Crippen molar-refractivity contribution in [2.45, 2.75) is 33.7 Å². The molecule has 0 fully saturated rings. The molecule has 0 aliphatic heterocycles. The molecule has 0 saturated heterocycles. The molecule has 0 radical (unpaired) electrons. The van der Waals surface area contributed by atoms with E-state index in [1.165, 1.54) is 6.92 Å². The monoisotopic (exact) mass is 324 g/mol. The zero-order valence-electron chi connectivity index (χ0n) is 14.0. The van der Waals surface area contributed by atoms with Crippen molar-refractivity contribution in [1.29, 1.82) is 5.26 Å². The summed E-state index contributed by atoms with van der Waals surface area (Å²) in [5.41, 5.74) is 0.420. The van der Waals surface area contributed by atoms with Gasteiger partial charge in [-0.3, -0.25) is 14.2 Å². The van der Waals surface area contributed by atoms with E-state index >= 15 is 0 Å². The highest BCUT2D eigenvalue weighted by Crippen LogP contribution is 2.25. The van der Waals surface area contributed by atoms with Crippen LogP contribution in [0.1, 0.15) is 47.3 Å². The van der Waals surface area contributed by atoms with Crippen LogP contribution >= 0.6 is 0 Å². The number of hydrogen-bond donors (Lipinski definition) is 1. The number of nitriles is 1. The van der Waals surface area contributed by atoms with Crippen molar-refractivity contribution in [3.05, 3.63) is 62.9 Å². The van der Waals surface area contributed by atoms with E-state index in [0.717, 1.165) is 10.1 Å². The molecule has 0 aliphatic carbocycles. The third-order valence-electron chi connectivity index (χ3n) is 3.86. The van der Waals surface area contributed by atoms with Crippen LogP contribution in [0.3, 0.4) is 0 Å². The van der Waals surface area contributed by atoms with Gasteiger partial charge < -0.3 is 5.11 Å². The van der Waals surface area contributed by atoms with Gasteiger partial charge in [0.05, 0.1) is 12.1 Å². The molecule has 24 heavy (non-hydrogen) atoms. The van der Waals surface area contributed by atoms with Gasteiger partial charge in [-0.2, -0.15) is 5.26 Å². The third kappa shape index (κ3) is 3.38. The van der Waals surface area contributed by atoms with Gasteiger partial charge in [-0.15, -0.1) is 0 Å². The van der Waals surface area contributed by atoms with Crippen LogP contribution in [0.2, 0.25) is 0 Å². The molecule has 0 aliphatic rings. The molecule has 1 aromatic carbocycles. The van der Waals surface area contributed by atoms with Crippen molar-refractivity contribution in [2.75, 3.05) is 0 Å². The van der Waals surface area contributed by atoms with Gasteiger partial charge in [-0.05, 0) is 24.0 Å². The minimum atomic E-state index is -0.586. The number of hydrogen-bond acceptors (Lipinski definition) is 4. The van der Waals surface area contributed by atoms with Crippen LogP contribution in [-0.2, 0) is 6.54 Å². The van der Waals surface area contributed by atoms with Gasteiger partial charge in [0.15, 0.2) is 5.78 Å². The van der Waals surface area contributed by atoms with Crippen molar-refractivity contribution in [3.8, 4) is 11.9 Å². The fourth-order valence-corrected chi connectivity index (χ4v) is 2.67. The highest BCUT2D eigenvalue weighted by molar-refractivity contribution is 6.00. The van der Waals surface area contributed by atoms with Crippen molar-refractivity contribution >= 4 is 5.78 Å². The van der Waals surface area contributed by atoms with E-state index in [2.05, 4.69) is 0 Å². The minimum Gasteiger partial charge on any atom is -0.494 e. The number of ketones is 1. The Hall–Kier alpha value is -2.87. The summed E-state index contributed by atoms with van der Waals surface area (Å²) in [6.45, 7) is 5.42. The number of Topliss-reactive ketones (excluding diaryl/α,β-unsaturated/α-hetero) is 1. The van der Waals surface area contributed by atoms with Gasteiger partial charge in [-0.1, -0.05) is 44.2 Å². The third-order valence-corrected chi connectivity index (χ3v) is 3.86. The zero-order chi connectivity index (χ0) is 17.9. The molecular formula is C19H20N2O3. The smallest absolute Gasteiger partial charge is 0.271 e. The number of aromatic nitrogens is 1. The molecule has 0 amide bonds. The number of rotatable bonds is 5. The molecule has 124 valence electrons. The van der Waals surface area contributed by atoms with Crippen molar-refractivity contribution < 1.29 is 9.90 Å². The summed E-state index contributed by atoms with van der Waals surface area (Å²) >= 11 is 0. The first-order valence-corrected chi connectivity index (χ1v) is 7.80. The predicted octanol–water partition coefficient (Wildman–Crippen LogP) is 3.01. The zero-order valence-corrected chi connectivity index (χ0v) is 14.0. The summed E-state index contributed by atoms with van der Waals surface area (Å²) in [5, 5.41) is 19.9. The lowest BCUT2D eigenvalue weighted by Gasteiger charge is -2.16. The molecule has 5 heteroatoms. The van der Waals surface area contributed by atoms with Crippen LogP contribution in [0.5, 0.6) is 5.88 Å². The van der Waals surface area contributed by atoms with Crippen LogP contribution in [0.4, 0.5) is 0 Å². The molecule has 1 heterocycles. The standard InChI is InChI=1S/C19H20N2O3/c1-12(2)9-16(22)17-13(3)15(10-20)18(23)21(19(17)24)11-14-7-5-4-6-8-14/h4-8,12,24H,9,11H2,1-3H3. The molecule has 0 unspecified atom stereocenters. The maximum absolute atomic E-state index is 12.5. The van der Waals surface area contributed by atoms with Crippen molar-refractivity contribution in [1.82, 2.24) is 4.57 Å². The van der Waals surface area contributed by atoms with E-state index in [1.54, 1.807) is 0 Å². The number of pyridine rings is 1. The van der Waals surface area contributed by atoms with Crippen LogP contribution in [0, 0.1) is 24.2 Å². The van der Waals surface area contributed by atoms with Crippen LogP contribution in [0.25, 0.3) is 0 Å². The fourth-order valence-electron chi connectivity index (χ4n) is 2.67. The Labute approximate surface area is 140 Å². The first-order chi connectivity index (χ1) is 11.4. The van der Waals surface area contributed by atoms with E-state index in [4.69, 9.17) is 0 Å². The lowest BCUT2D eigenvalue weighted by molar-refractivity contribution is 0.0963. The second-order valence-corrected chi connectivity index (χ2v) is 6.21. The SMILES string of the molecule is Cc1c(C(=O)CC(C)C)c(O)n(Cc2ccccc2)c(=O)c1C#N. The Morgan fingerprint density at radius 2 is 1.92 bits per heavy atom. The highest BCUT2D eigenvalue weighted by atomic mass is 16.3. The molecule has 0 saturated carbocycles. The fraction of sp³-hybridized carbons (Fsp3) is 0.316. The maximum atomic E-state index is 12.5. The lowest BCUT2D eigenvalue weighted by Crippen LogP contribution is -2.27. The summed E-state index contributed by atoms with van der Waals surface area (Å²) in [5.74, 6) is -0.527. The Morgan fingerprint density at radius 3 is 2.46 bits per heavy atom. The van der Waals surface area contributed by atoms with Crippen LogP contribution in [-0.4, -0.2) is 15.5 Å². The normalized spacial score (nSPS) is 10.6. The van der Waals surface area contributed by atoms with Gasteiger partial charge in [0.1, 0.15) is 11.6 Å². The molecular weight excluding hydrogens is 304 g/mol. The van der Waals surface area contributed by atoms with Gasteiger partial charge in [0.2, 0.25) is 5.88 Å². The maximum Gasteiger partial charge on any atom is 0.271 e. The molecule has 2 aromatic rings. The number of benzene rings is 1. The summed E-state index contributed by atoms with van der Waals surface area (Å²) in [6.07, 6.45) is 0.239. The van der Waals surface area contributed by atoms with Gasteiger partial charge in [0, 0.05) is 6.42 Å². The molecule has 0 atom stereocenters. The van der Waals surface area contributed by atoms with E-state index in [0.29, 0.717) is 0 Å². The number of carbonyl (C=O) groups excluding carboxylic acids is 1. The summed E-state index contributed by atoms with van der Waals surface area (Å²) < 4.78 is 1.09. The van der Waals surface area contributed by atoms with Crippen LogP contribution < -0.4 is 5.56 Å². The highest BCUT2D eigenvalue weighted by Gasteiger charge is 2.24. The average molecular weight is 324 g/mol. The van der Waals surface area contributed by atoms with Gasteiger partial charge in [-0.25, -0.2) is 0 Å². The molecule has 2 rings (SSSR count). The molecule has 5 nitrogen and oxygen atoms in total. The summed E-state index contributed by atoms with van der Waals surface area (Å²) in [6, 6.07) is 11.0. The topological polar surface area (TPSA) is 83.1 Å². The number of aromatic hydroxyl groups is 1. The van der Waals surface area contributed by atoms with Crippen molar-refractivity contribution in [3.63, 3.8) is 0 Å². The Kier molecular flexibility index (Phi) is 5.20. The first kappa shape index (κ1) is 17.5. The van der Waals surface area contributed by atoms with E-state index < -0.39 is 5.56 Å². The average Bonchev–Trinajstić information content (AvgIpc) is 2.52. The Bertz CT molecular complexity index is 859. The molecule has 0 bridgehead atoms. The Balaban J connectivity index is 2.65. The number of carbonyl (C=O) groups is 1. The molecule has 0 spiro atoms. The van der Waals surface area contributed by atoms with Crippen LogP contribution in [0.15, 0.2) is 35.1 Å². The minimum absolute atomic E-state index is 0.0655. The Morgan fingerprint density at radius 1 is 1.29 bits per heavy atom. The molecule has 1 N–H and O–H groups in total. The summed E-state index contributed by atoms with van der Waals surface area (Å²) in [4.78, 5) is 25.0. The molecule has 1 aromatic heterocycles. The van der Waals surface area contributed by atoms with Crippen molar-refractivity contribution in [2.24, 2.45) is 5.92 Å². The number of nitrogens with zero attached hydrogens (tertiary/aromatic N) is 2. The summed E-state index contributed by atoms with van der Waals surface area (Å²) in [7, 11) is 0. The van der Waals surface area contributed by atoms with E-state index in [9.17, 15) is 20.0 Å². The van der Waals surface area contributed by atoms with E-state index in [-0.39, 0.29) is 47.2 Å². The van der Waals surface area contributed by atoms with E-state index in [1.807, 2.05) is 50.2 Å².